The first-order valence-corrected chi connectivity index (χ1v) is 7.19. The van der Waals surface area contributed by atoms with E-state index in [0.717, 1.165) is 28.8 Å². The highest BCUT2D eigenvalue weighted by atomic mass is 16.5. The van der Waals surface area contributed by atoms with E-state index in [1.54, 1.807) is 24.1 Å². The number of pyridine rings is 1. The molecular weight excluding hydrogens is 296 g/mol. The number of aryl methyl sites for hydroxylation is 3. The number of nitrogens with zero attached hydrogens (tertiary/aromatic N) is 8. The maximum Gasteiger partial charge on any atom is 0.260 e. The van der Waals surface area contributed by atoms with Gasteiger partial charge in [-0.15, -0.1) is 5.10 Å². The van der Waals surface area contributed by atoms with E-state index in [1.165, 1.54) is 0 Å². The van der Waals surface area contributed by atoms with E-state index < -0.39 is 0 Å². The molecule has 0 saturated heterocycles. The Kier molecular flexibility index (Phi) is 2.93. The molecule has 0 atom stereocenters. The number of hydrogen-bond acceptors (Lipinski definition) is 7. The van der Waals surface area contributed by atoms with E-state index in [2.05, 4.69) is 30.5 Å². The SMILES string of the molecule is CCn1ncc2cc(-c3nc(-c4cn(C)nn4)no3)c(C)nc21. The molecule has 0 aliphatic carbocycles. The van der Waals surface area contributed by atoms with Gasteiger partial charge in [0.15, 0.2) is 11.3 Å². The largest absolute Gasteiger partial charge is 0.333 e. The lowest BCUT2D eigenvalue weighted by molar-refractivity contribution is 0.431. The van der Waals surface area contributed by atoms with Crippen LogP contribution in [-0.4, -0.2) is 39.9 Å². The molecule has 0 saturated carbocycles. The average molecular weight is 310 g/mol. The minimum atomic E-state index is 0.400. The van der Waals surface area contributed by atoms with Crippen LogP contribution in [0.4, 0.5) is 0 Å². The van der Waals surface area contributed by atoms with Crippen molar-refractivity contribution in [1.82, 2.24) is 39.9 Å². The van der Waals surface area contributed by atoms with Crippen molar-refractivity contribution in [3.05, 3.63) is 24.2 Å². The second kappa shape index (κ2) is 4.97. The van der Waals surface area contributed by atoms with Crippen molar-refractivity contribution in [2.24, 2.45) is 7.05 Å². The molecule has 9 nitrogen and oxygen atoms in total. The molecule has 0 bridgehead atoms. The molecule has 116 valence electrons. The van der Waals surface area contributed by atoms with Gasteiger partial charge >= 0.3 is 0 Å². The molecule has 0 radical (unpaired) electrons. The summed E-state index contributed by atoms with van der Waals surface area (Å²) in [5, 5.41) is 17.1. The fraction of sp³-hybridized carbons (Fsp3) is 0.286. The van der Waals surface area contributed by atoms with Crippen LogP contribution in [0, 0.1) is 6.92 Å². The summed E-state index contributed by atoms with van der Waals surface area (Å²) in [4.78, 5) is 9.01. The minimum absolute atomic E-state index is 0.400. The molecular formula is C14H14N8O. The summed E-state index contributed by atoms with van der Waals surface area (Å²) >= 11 is 0. The maximum absolute atomic E-state index is 5.37. The Hall–Kier alpha value is -3.10. The Labute approximate surface area is 130 Å². The van der Waals surface area contributed by atoms with Crippen molar-refractivity contribution in [2.45, 2.75) is 20.4 Å². The van der Waals surface area contributed by atoms with Crippen molar-refractivity contribution < 1.29 is 4.52 Å². The summed E-state index contributed by atoms with van der Waals surface area (Å²) < 4.78 is 8.81. The van der Waals surface area contributed by atoms with Gasteiger partial charge in [-0.25, -0.2) is 9.67 Å². The van der Waals surface area contributed by atoms with Crippen LogP contribution in [0.2, 0.25) is 0 Å². The van der Waals surface area contributed by atoms with Gasteiger partial charge in [0.25, 0.3) is 5.89 Å². The van der Waals surface area contributed by atoms with Crippen molar-refractivity contribution in [3.63, 3.8) is 0 Å². The summed E-state index contributed by atoms with van der Waals surface area (Å²) in [7, 11) is 1.78. The molecule has 23 heavy (non-hydrogen) atoms. The smallest absolute Gasteiger partial charge is 0.260 e. The lowest BCUT2D eigenvalue weighted by Crippen LogP contribution is -1.98. The third-order valence-corrected chi connectivity index (χ3v) is 3.59. The van der Waals surface area contributed by atoms with Crippen LogP contribution in [0.25, 0.3) is 34.0 Å². The monoisotopic (exact) mass is 310 g/mol. The Morgan fingerprint density at radius 1 is 1.26 bits per heavy atom. The fourth-order valence-electron chi connectivity index (χ4n) is 2.43. The minimum Gasteiger partial charge on any atom is -0.333 e. The molecule has 0 spiro atoms. The summed E-state index contributed by atoms with van der Waals surface area (Å²) in [5.41, 5.74) is 3.01. The number of fused-ring (bicyclic) bond motifs is 1. The second-order valence-corrected chi connectivity index (χ2v) is 5.20. The van der Waals surface area contributed by atoms with E-state index in [-0.39, 0.29) is 0 Å². The van der Waals surface area contributed by atoms with Gasteiger partial charge in [0.1, 0.15) is 0 Å². The fourth-order valence-corrected chi connectivity index (χ4v) is 2.43. The van der Waals surface area contributed by atoms with E-state index >= 15 is 0 Å². The van der Waals surface area contributed by atoms with E-state index in [0.29, 0.717) is 17.4 Å². The van der Waals surface area contributed by atoms with E-state index in [4.69, 9.17) is 4.52 Å². The molecule has 0 aliphatic rings. The van der Waals surface area contributed by atoms with E-state index in [1.807, 2.05) is 24.6 Å². The van der Waals surface area contributed by atoms with E-state index in [9.17, 15) is 0 Å². The van der Waals surface area contributed by atoms with Crippen molar-refractivity contribution in [2.75, 3.05) is 0 Å². The topological polar surface area (TPSA) is 100 Å². The predicted octanol–water partition coefficient (Wildman–Crippen LogP) is 1.61. The van der Waals surface area contributed by atoms with Crippen LogP contribution in [0.3, 0.4) is 0 Å². The quantitative estimate of drug-likeness (QED) is 0.566. The molecule has 4 rings (SSSR count). The zero-order valence-electron chi connectivity index (χ0n) is 12.9. The molecule has 9 heteroatoms. The van der Waals surface area contributed by atoms with Crippen LogP contribution in [-0.2, 0) is 13.6 Å². The summed E-state index contributed by atoms with van der Waals surface area (Å²) in [6, 6.07) is 1.96. The highest BCUT2D eigenvalue weighted by molar-refractivity contribution is 5.80. The van der Waals surface area contributed by atoms with Crippen LogP contribution >= 0.6 is 0 Å². The van der Waals surface area contributed by atoms with Gasteiger partial charge < -0.3 is 4.52 Å². The number of rotatable bonds is 3. The molecule has 0 unspecified atom stereocenters. The molecule has 4 aromatic rings. The Balaban J connectivity index is 1.80. The summed E-state index contributed by atoms with van der Waals surface area (Å²) in [6.45, 7) is 4.71. The third kappa shape index (κ3) is 2.17. The lowest BCUT2D eigenvalue weighted by Gasteiger charge is -2.02. The highest BCUT2D eigenvalue weighted by Crippen LogP contribution is 2.26. The Morgan fingerprint density at radius 3 is 2.87 bits per heavy atom. The van der Waals surface area contributed by atoms with Gasteiger partial charge in [0.05, 0.1) is 23.7 Å². The zero-order chi connectivity index (χ0) is 16.0. The van der Waals surface area contributed by atoms with Crippen molar-refractivity contribution >= 4 is 11.0 Å². The van der Waals surface area contributed by atoms with Crippen LogP contribution in [0.5, 0.6) is 0 Å². The van der Waals surface area contributed by atoms with Crippen LogP contribution < -0.4 is 0 Å². The van der Waals surface area contributed by atoms with Crippen molar-refractivity contribution in [3.8, 4) is 23.0 Å². The lowest BCUT2D eigenvalue weighted by atomic mass is 10.1. The van der Waals surface area contributed by atoms with Gasteiger partial charge in [0.2, 0.25) is 5.82 Å². The van der Waals surface area contributed by atoms with Crippen LogP contribution in [0.1, 0.15) is 12.6 Å². The van der Waals surface area contributed by atoms with Crippen molar-refractivity contribution in [1.29, 1.82) is 0 Å². The van der Waals surface area contributed by atoms with Gasteiger partial charge in [-0.1, -0.05) is 10.4 Å². The molecule has 4 heterocycles. The molecule has 0 aromatic carbocycles. The molecule has 0 amide bonds. The zero-order valence-corrected chi connectivity index (χ0v) is 12.9. The van der Waals surface area contributed by atoms with Gasteiger partial charge in [-0.2, -0.15) is 10.1 Å². The molecule has 0 aliphatic heterocycles. The first-order valence-electron chi connectivity index (χ1n) is 7.19. The Morgan fingerprint density at radius 2 is 2.13 bits per heavy atom. The maximum atomic E-state index is 5.37. The number of hydrogen-bond donors (Lipinski definition) is 0. The van der Waals surface area contributed by atoms with Gasteiger partial charge in [-0.3, -0.25) is 4.68 Å². The first-order chi connectivity index (χ1) is 11.2. The summed E-state index contributed by atoms with van der Waals surface area (Å²) in [5.74, 6) is 0.804. The molecule has 0 N–H and O–H groups in total. The highest BCUT2D eigenvalue weighted by Gasteiger charge is 2.17. The average Bonchev–Trinajstić information content (AvgIpc) is 3.24. The summed E-state index contributed by atoms with van der Waals surface area (Å²) in [6.07, 6.45) is 3.52. The first kappa shape index (κ1) is 13.6. The standard InChI is InChI=1S/C14H14N8O/c1-4-22-13-9(6-15-22)5-10(8(2)16-13)14-17-12(19-23-14)11-7-21(3)20-18-11/h5-7H,4H2,1-3H3. The Bertz CT molecular complexity index is 995. The van der Waals surface area contributed by atoms with Gasteiger partial charge in [-0.05, 0) is 19.9 Å². The van der Waals surface area contributed by atoms with Gasteiger partial charge in [0, 0.05) is 19.0 Å². The predicted molar refractivity (Wildman–Crippen MR) is 81.2 cm³/mol. The van der Waals surface area contributed by atoms with Crippen LogP contribution in [0.15, 0.2) is 23.0 Å². The number of aromatic nitrogens is 8. The molecule has 0 fully saturated rings. The third-order valence-electron chi connectivity index (χ3n) is 3.59. The molecule has 4 aromatic heterocycles. The normalized spacial score (nSPS) is 11.4. The second-order valence-electron chi connectivity index (χ2n) is 5.20.